The smallest absolute Gasteiger partial charge is 0.190 e. The van der Waals surface area contributed by atoms with Gasteiger partial charge >= 0.3 is 0 Å². The number of hydrogen-bond donors (Lipinski definition) is 2. The molecule has 1 aliphatic rings. The van der Waals surface area contributed by atoms with Crippen molar-refractivity contribution in [2.24, 2.45) is 16.8 Å². The Kier molecular flexibility index (Phi) is 8.56. The van der Waals surface area contributed by atoms with Crippen LogP contribution in [-0.4, -0.2) is 63.8 Å². The van der Waals surface area contributed by atoms with Crippen LogP contribution < -0.4 is 10.6 Å². The first-order chi connectivity index (χ1) is 11.7. The van der Waals surface area contributed by atoms with Crippen LogP contribution in [0.25, 0.3) is 0 Å². The van der Waals surface area contributed by atoms with Crippen LogP contribution in [0.1, 0.15) is 18.7 Å². The lowest BCUT2D eigenvalue weighted by Crippen LogP contribution is -2.44. The number of rotatable bonds is 8. The minimum atomic E-state index is 0.588. The third-order valence-corrected chi connectivity index (χ3v) is 5.16. The van der Waals surface area contributed by atoms with Crippen molar-refractivity contribution in [1.82, 2.24) is 15.5 Å². The van der Waals surface area contributed by atoms with Crippen molar-refractivity contribution in [3.05, 3.63) is 22.4 Å². The summed E-state index contributed by atoms with van der Waals surface area (Å²) < 4.78 is 5.40. The molecular formula is C18H32N4OS. The molecule has 1 aromatic rings. The largest absolute Gasteiger partial charge is 0.379 e. The van der Waals surface area contributed by atoms with Gasteiger partial charge in [-0.25, -0.2) is 0 Å². The molecule has 1 fully saturated rings. The second-order valence-corrected chi connectivity index (χ2v) is 7.77. The minimum absolute atomic E-state index is 0.588. The van der Waals surface area contributed by atoms with Crippen molar-refractivity contribution < 1.29 is 4.74 Å². The van der Waals surface area contributed by atoms with Crippen LogP contribution in [0.2, 0.25) is 0 Å². The number of aliphatic imine (C=N–C) groups is 1. The van der Waals surface area contributed by atoms with Gasteiger partial charge in [-0.05, 0) is 29.7 Å². The van der Waals surface area contributed by atoms with Crippen LogP contribution in [0.4, 0.5) is 0 Å². The molecule has 2 N–H and O–H groups in total. The van der Waals surface area contributed by atoms with Crippen molar-refractivity contribution >= 4 is 17.3 Å². The number of thiophene rings is 1. The predicted molar refractivity (Wildman–Crippen MR) is 103 cm³/mol. The van der Waals surface area contributed by atoms with E-state index in [4.69, 9.17) is 4.74 Å². The van der Waals surface area contributed by atoms with Gasteiger partial charge in [-0.2, -0.15) is 0 Å². The van der Waals surface area contributed by atoms with E-state index in [1.54, 1.807) is 0 Å². The second-order valence-electron chi connectivity index (χ2n) is 6.74. The summed E-state index contributed by atoms with van der Waals surface area (Å²) in [5.41, 5.74) is 0. The predicted octanol–water partition coefficient (Wildman–Crippen LogP) is 2.06. The number of ether oxygens (including phenoxy) is 1. The van der Waals surface area contributed by atoms with E-state index >= 15 is 0 Å². The van der Waals surface area contributed by atoms with Gasteiger partial charge in [-0.1, -0.05) is 19.9 Å². The van der Waals surface area contributed by atoms with E-state index < -0.39 is 0 Å². The van der Waals surface area contributed by atoms with E-state index in [-0.39, 0.29) is 0 Å². The average Bonchev–Trinajstić information content (AvgIpc) is 3.09. The summed E-state index contributed by atoms with van der Waals surface area (Å²) in [5.74, 6) is 2.08. The summed E-state index contributed by atoms with van der Waals surface area (Å²) in [6.07, 6.45) is 1.12. The highest BCUT2D eigenvalue weighted by molar-refractivity contribution is 7.09. The van der Waals surface area contributed by atoms with Crippen LogP contribution in [-0.2, 0) is 11.2 Å². The Labute approximate surface area is 150 Å². The molecule has 0 spiro atoms. The molecule has 0 bridgehead atoms. The molecule has 1 saturated heterocycles. The average molecular weight is 353 g/mol. The van der Waals surface area contributed by atoms with Gasteiger partial charge in [0.25, 0.3) is 0 Å². The van der Waals surface area contributed by atoms with E-state index in [9.17, 15) is 0 Å². The number of hydrogen-bond acceptors (Lipinski definition) is 4. The zero-order valence-electron chi connectivity index (χ0n) is 15.3. The normalized spacial score (nSPS) is 19.0. The van der Waals surface area contributed by atoms with Crippen LogP contribution in [0.5, 0.6) is 0 Å². The van der Waals surface area contributed by atoms with E-state index in [2.05, 4.69) is 51.9 Å². The van der Waals surface area contributed by atoms with Gasteiger partial charge in [0.1, 0.15) is 0 Å². The molecule has 6 heteroatoms. The maximum atomic E-state index is 5.40. The molecule has 1 aliphatic heterocycles. The molecule has 2 atom stereocenters. The number of morpholine rings is 1. The van der Waals surface area contributed by atoms with E-state index in [1.165, 1.54) is 4.88 Å². The van der Waals surface area contributed by atoms with Crippen molar-refractivity contribution in [3.8, 4) is 0 Å². The summed E-state index contributed by atoms with van der Waals surface area (Å²) >= 11 is 1.83. The third-order valence-electron chi connectivity index (χ3n) is 4.26. The summed E-state index contributed by atoms with van der Waals surface area (Å²) in [6.45, 7) is 11.4. The fourth-order valence-corrected chi connectivity index (χ4v) is 3.77. The van der Waals surface area contributed by atoms with Gasteiger partial charge in [0, 0.05) is 44.6 Å². The Morgan fingerprint density at radius 3 is 2.58 bits per heavy atom. The Balaban J connectivity index is 1.62. The highest BCUT2D eigenvalue weighted by Crippen LogP contribution is 2.13. The van der Waals surface area contributed by atoms with Crippen LogP contribution >= 0.6 is 11.3 Å². The molecule has 136 valence electrons. The van der Waals surface area contributed by atoms with E-state index in [0.29, 0.717) is 11.8 Å². The number of nitrogens with one attached hydrogen (secondary N) is 2. The molecule has 5 nitrogen and oxygen atoms in total. The molecule has 2 rings (SSSR count). The molecule has 2 heterocycles. The second kappa shape index (κ2) is 10.7. The lowest BCUT2D eigenvalue weighted by molar-refractivity contribution is 0.0320. The standard InChI is InChI=1S/C18H32N4OS/c1-15(11-17-5-4-10-24-17)12-20-18(19-3)21-13-16(2)14-22-6-8-23-9-7-22/h4-5,10,15-16H,6-9,11-14H2,1-3H3,(H2,19,20,21). The monoisotopic (exact) mass is 352 g/mol. The van der Waals surface area contributed by atoms with Crippen LogP contribution in [0.15, 0.2) is 22.5 Å². The van der Waals surface area contributed by atoms with Gasteiger partial charge in [-0.15, -0.1) is 11.3 Å². The maximum Gasteiger partial charge on any atom is 0.190 e. The molecule has 1 aromatic heterocycles. The fraction of sp³-hybridized carbons (Fsp3) is 0.722. The molecule has 0 amide bonds. The number of guanidine groups is 1. The Bertz CT molecular complexity index is 471. The van der Waals surface area contributed by atoms with Gasteiger partial charge in [0.05, 0.1) is 13.2 Å². The zero-order chi connectivity index (χ0) is 17.2. The molecular weight excluding hydrogens is 320 g/mol. The van der Waals surface area contributed by atoms with Crippen molar-refractivity contribution in [3.63, 3.8) is 0 Å². The summed E-state index contributed by atoms with van der Waals surface area (Å²) in [5, 5.41) is 9.05. The van der Waals surface area contributed by atoms with Gasteiger partial charge in [0.2, 0.25) is 0 Å². The molecule has 0 aromatic carbocycles. The van der Waals surface area contributed by atoms with Gasteiger partial charge in [-0.3, -0.25) is 9.89 Å². The molecule has 0 aliphatic carbocycles. The summed E-state index contributed by atoms with van der Waals surface area (Å²) in [6, 6.07) is 4.33. The lowest BCUT2D eigenvalue weighted by atomic mass is 10.1. The first kappa shape index (κ1) is 19.2. The quantitative estimate of drug-likeness (QED) is 0.555. The molecule has 0 radical (unpaired) electrons. The zero-order valence-corrected chi connectivity index (χ0v) is 16.1. The Hall–Kier alpha value is -1.11. The van der Waals surface area contributed by atoms with Crippen LogP contribution in [0, 0.1) is 11.8 Å². The minimum Gasteiger partial charge on any atom is -0.379 e. The molecule has 24 heavy (non-hydrogen) atoms. The molecule has 0 saturated carbocycles. The maximum absolute atomic E-state index is 5.40. The van der Waals surface area contributed by atoms with Crippen LogP contribution in [0.3, 0.4) is 0 Å². The number of nitrogens with zero attached hydrogens (tertiary/aromatic N) is 2. The van der Waals surface area contributed by atoms with Crippen molar-refractivity contribution in [1.29, 1.82) is 0 Å². The first-order valence-corrected chi connectivity index (χ1v) is 9.82. The summed E-state index contributed by atoms with van der Waals surface area (Å²) in [4.78, 5) is 8.27. The fourth-order valence-electron chi connectivity index (χ4n) is 2.90. The Morgan fingerprint density at radius 1 is 1.25 bits per heavy atom. The van der Waals surface area contributed by atoms with Crippen molar-refractivity contribution in [2.45, 2.75) is 20.3 Å². The Morgan fingerprint density at radius 2 is 1.96 bits per heavy atom. The van der Waals surface area contributed by atoms with E-state index in [1.807, 2.05) is 18.4 Å². The van der Waals surface area contributed by atoms with Gasteiger partial charge in [0.15, 0.2) is 5.96 Å². The topological polar surface area (TPSA) is 48.9 Å². The van der Waals surface area contributed by atoms with Crippen molar-refractivity contribution in [2.75, 3.05) is 53.0 Å². The highest BCUT2D eigenvalue weighted by Gasteiger charge is 2.14. The lowest BCUT2D eigenvalue weighted by Gasteiger charge is -2.29. The first-order valence-electron chi connectivity index (χ1n) is 8.94. The summed E-state index contributed by atoms with van der Waals surface area (Å²) in [7, 11) is 1.84. The third kappa shape index (κ3) is 7.20. The highest BCUT2D eigenvalue weighted by atomic mass is 32.1. The SMILES string of the molecule is CN=C(NCC(C)Cc1cccs1)NCC(C)CN1CCOCC1. The van der Waals surface area contributed by atoms with Gasteiger partial charge < -0.3 is 15.4 Å². The van der Waals surface area contributed by atoms with E-state index in [0.717, 1.165) is 58.3 Å². The molecule has 2 unspecified atom stereocenters.